The number of thiazole rings is 2. The summed E-state index contributed by atoms with van der Waals surface area (Å²) in [4.78, 5) is 29.9. The summed E-state index contributed by atoms with van der Waals surface area (Å²) < 4.78 is 10.5. The first-order chi connectivity index (χ1) is 23.3. The minimum absolute atomic E-state index is 0.0571. The highest BCUT2D eigenvalue weighted by atomic mass is 79.9. The smallest absolute Gasteiger partial charge is 0.357 e. The van der Waals surface area contributed by atoms with Crippen molar-refractivity contribution < 1.29 is 29.3 Å². The molecular formula is C36H30BrClN2O6S2. The number of aromatic carboxylic acids is 1. The van der Waals surface area contributed by atoms with Crippen molar-refractivity contribution in [3.63, 3.8) is 0 Å². The van der Waals surface area contributed by atoms with E-state index < -0.39 is 5.97 Å². The topological polar surface area (TPSA) is 119 Å². The minimum Gasteiger partial charge on any atom is -0.506 e. The lowest BCUT2D eigenvalue weighted by Crippen LogP contribution is -2.04. The Hall–Kier alpha value is -4.55. The van der Waals surface area contributed by atoms with Crippen molar-refractivity contribution in [1.82, 2.24) is 9.97 Å². The maximum atomic E-state index is 11.1. The van der Waals surface area contributed by atoms with E-state index in [1.807, 2.05) is 91.0 Å². The quantitative estimate of drug-likeness (QED) is 0.110. The predicted octanol–water partition coefficient (Wildman–Crippen LogP) is 10.0. The van der Waals surface area contributed by atoms with Crippen LogP contribution in [0.3, 0.4) is 0 Å². The lowest BCUT2D eigenvalue weighted by molar-refractivity contribution is 0.0519. The molecule has 0 unspecified atom stereocenters. The molecule has 0 aliphatic rings. The molecule has 0 saturated carbocycles. The van der Waals surface area contributed by atoms with Crippen molar-refractivity contribution in [2.45, 2.75) is 18.9 Å². The molecule has 0 atom stereocenters. The number of esters is 1. The zero-order valence-electron chi connectivity index (χ0n) is 25.6. The lowest BCUT2D eigenvalue weighted by atomic mass is 10.1. The number of carboxylic acid groups (broad SMARTS) is 1. The average Bonchev–Trinajstić information content (AvgIpc) is 3.81. The van der Waals surface area contributed by atoms with E-state index in [0.29, 0.717) is 27.7 Å². The number of phenols is 1. The Labute approximate surface area is 299 Å². The summed E-state index contributed by atoms with van der Waals surface area (Å²) >= 11 is 11.7. The van der Waals surface area contributed by atoms with Gasteiger partial charge < -0.3 is 19.7 Å². The highest BCUT2D eigenvalue weighted by Gasteiger charge is 2.11. The van der Waals surface area contributed by atoms with Gasteiger partial charge in [-0.3, -0.25) is 0 Å². The van der Waals surface area contributed by atoms with Crippen molar-refractivity contribution in [2.75, 3.05) is 6.61 Å². The Morgan fingerprint density at radius 3 is 1.92 bits per heavy atom. The van der Waals surface area contributed by atoms with Crippen LogP contribution in [0, 0.1) is 0 Å². The van der Waals surface area contributed by atoms with Crippen molar-refractivity contribution in [3.05, 3.63) is 140 Å². The van der Waals surface area contributed by atoms with Crippen molar-refractivity contribution in [3.8, 4) is 33.8 Å². The molecule has 2 heterocycles. The zero-order valence-corrected chi connectivity index (χ0v) is 29.6. The first kappa shape index (κ1) is 36.3. The number of carboxylic acids is 1. The molecule has 0 aliphatic heterocycles. The Kier molecular flexibility index (Phi) is 14.1. The van der Waals surface area contributed by atoms with Gasteiger partial charge in [-0.05, 0) is 53.4 Å². The fraction of sp³-hybridized carbons (Fsp3) is 0.111. The molecule has 48 heavy (non-hydrogen) atoms. The second-order valence-electron chi connectivity index (χ2n) is 9.63. The third-order valence-corrected chi connectivity index (χ3v) is 9.17. The van der Waals surface area contributed by atoms with Gasteiger partial charge in [0.05, 0.1) is 17.0 Å². The summed E-state index contributed by atoms with van der Waals surface area (Å²) in [5.74, 6) is -0.518. The second-order valence-corrected chi connectivity index (χ2v) is 12.5. The number of phenolic OH excluding ortho intramolecular Hbond substituents is 1. The van der Waals surface area contributed by atoms with E-state index in [0.717, 1.165) is 33.0 Å². The Morgan fingerprint density at radius 1 is 0.771 bits per heavy atom. The van der Waals surface area contributed by atoms with Crippen LogP contribution in [0.15, 0.2) is 114 Å². The van der Waals surface area contributed by atoms with Gasteiger partial charge in [0, 0.05) is 10.8 Å². The standard InChI is InChI=1S/C17H13NO3S.C12H9ClO.C7H8BrNO2S/c19-17(20)15-11-22-16(18-15)10-21-14-8-4-7-13(9-14)12-5-2-1-3-6-12;13-11-7-6-10(8-12(11)14)9-4-2-1-3-5-9;1-2-11-7(10)5-4-12-6(3-8)9-5/h1-9,11H,10H2,(H,19,20);1-8,14H;4H,2-3H2,1H3. The van der Waals surface area contributed by atoms with Crippen LogP contribution in [0.5, 0.6) is 11.5 Å². The van der Waals surface area contributed by atoms with Gasteiger partial charge >= 0.3 is 11.9 Å². The molecule has 0 saturated heterocycles. The number of nitrogens with zero attached hydrogens (tertiary/aromatic N) is 2. The number of rotatable bonds is 9. The largest absolute Gasteiger partial charge is 0.506 e. The number of benzene rings is 4. The van der Waals surface area contributed by atoms with E-state index in [9.17, 15) is 14.7 Å². The van der Waals surface area contributed by atoms with Crippen LogP contribution in [0.2, 0.25) is 5.02 Å². The summed E-state index contributed by atoms with van der Waals surface area (Å²) in [5.41, 5.74) is 4.68. The van der Waals surface area contributed by atoms with Crippen molar-refractivity contribution in [1.29, 1.82) is 0 Å². The predicted molar refractivity (Wildman–Crippen MR) is 195 cm³/mol. The Balaban J connectivity index is 0.000000173. The van der Waals surface area contributed by atoms with Crippen molar-refractivity contribution in [2.24, 2.45) is 0 Å². The van der Waals surface area contributed by atoms with Crippen LogP contribution in [0.25, 0.3) is 22.3 Å². The fourth-order valence-electron chi connectivity index (χ4n) is 4.01. The first-order valence-corrected chi connectivity index (χ1v) is 17.7. The lowest BCUT2D eigenvalue weighted by Gasteiger charge is -2.07. The summed E-state index contributed by atoms with van der Waals surface area (Å²) in [6.07, 6.45) is 0. The van der Waals surface area contributed by atoms with Crippen LogP contribution in [0.1, 0.15) is 37.9 Å². The molecule has 2 aromatic heterocycles. The van der Waals surface area contributed by atoms with Gasteiger partial charge in [0.15, 0.2) is 11.4 Å². The molecule has 6 rings (SSSR count). The third kappa shape index (κ3) is 11.0. The van der Waals surface area contributed by atoms with Gasteiger partial charge in [0.25, 0.3) is 0 Å². The molecule has 4 aromatic carbocycles. The van der Waals surface area contributed by atoms with Crippen LogP contribution in [0.4, 0.5) is 0 Å². The summed E-state index contributed by atoms with van der Waals surface area (Å²) in [5, 5.41) is 24.1. The van der Waals surface area contributed by atoms with Crippen molar-refractivity contribution >= 4 is 62.1 Å². The average molecular weight is 766 g/mol. The summed E-state index contributed by atoms with van der Waals surface area (Å²) in [6, 6.07) is 32.9. The minimum atomic E-state index is -1.02. The van der Waals surface area contributed by atoms with Gasteiger partial charge in [-0.25, -0.2) is 19.6 Å². The first-order valence-electron chi connectivity index (χ1n) is 14.4. The number of hydrogen-bond acceptors (Lipinski definition) is 9. The van der Waals surface area contributed by atoms with Gasteiger partial charge in [0.1, 0.15) is 28.1 Å². The van der Waals surface area contributed by atoms with E-state index in [1.54, 1.807) is 24.4 Å². The molecule has 0 aliphatic carbocycles. The van der Waals surface area contributed by atoms with Gasteiger partial charge in [-0.1, -0.05) is 106 Å². The highest BCUT2D eigenvalue weighted by Crippen LogP contribution is 2.29. The number of carbonyl (C=O) groups excluding carboxylic acids is 1. The normalized spacial score (nSPS) is 10.1. The van der Waals surface area contributed by atoms with E-state index in [2.05, 4.69) is 25.9 Å². The van der Waals surface area contributed by atoms with Gasteiger partial charge in [-0.15, -0.1) is 22.7 Å². The zero-order chi connectivity index (χ0) is 34.3. The number of alkyl halides is 1. The molecule has 246 valence electrons. The molecule has 12 heteroatoms. The summed E-state index contributed by atoms with van der Waals surface area (Å²) in [6.45, 7) is 2.42. The molecule has 0 bridgehead atoms. The second kappa shape index (κ2) is 18.7. The van der Waals surface area contributed by atoms with E-state index in [4.69, 9.17) is 26.2 Å². The molecular weight excluding hydrogens is 736 g/mol. The van der Waals surface area contributed by atoms with E-state index >= 15 is 0 Å². The third-order valence-electron chi connectivity index (χ3n) is 6.28. The molecule has 0 amide bonds. The van der Waals surface area contributed by atoms with Gasteiger partial charge in [-0.2, -0.15) is 0 Å². The highest BCUT2D eigenvalue weighted by molar-refractivity contribution is 9.08. The monoisotopic (exact) mass is 764 g/mol. The maximum absolute atomic E-state index is 11.1. The van der Waals surface area contributed by atoms with Crippen LogP contribution in [-0.4, -0.2) is 38.7 Å². The number of ether oxygens (including phenoxy) is 2. The summed E-state index contributed by atoms with van der Waals surface area (Å²) in [7, 11) is 0. The number of halogens is 2. The number of aromatic hydroxyl groups is 1. The Bertz CT molecular complexity index is 1920. The van der Waals surface area contributed by atoms with E-state index in [1.165, 1.54) is 28.1 Å². The molecule has 2 N–H and O–H groups in total. The molecule has 0 radical (unpaired) electrons. The molecule has 6 aromatic rings. The van der Waals surface area contributed by atoms with Crippen LogP contribution < -0.4 is 4.74 Å². The van der Waals surface area contributed by atoms with Crippen LogP contribution in [-0.2, 0) is 16.7 Å². The Morgan fingerprint density at radius 2 is 1.35 bits per heavy atom. The molecule has 0 fully saturated rings. The SMILES string of the molecule is CCOC(=O)c1csc(CBr)n1.O=C(O)c1csc(COc2cccc(-c3ccccc3)c2)n1.Oc1cc(-c2ccccc2)ccc1Cl. The van der Waals surface area contributed by atoms with Gasteiger partial charge in [0.2, 0.25) is 0 Å². The fourth-order valence-corrected chi connectivity index (χ4v) is 5.94. The number of aromatic nitrogens is 2. The molecule has 0 spiro atoms. The van der Waals surface area contributed by atoms with E-state index in [-0.39, 0.29) is 24.0 Å². The molecule has 8 nitrogen and oxygen atoms in total. The van der Waals surface area contributed by atoms with Crippen LogP contribution >= 0.6 is 50.2 Å². The maximum Gasteiger partial charge on any atom is 0.357 e. The number of carbonyl (C=O) groups is 2. The number of hydrogen-bond donors (Lipinski definition) is 2.